The number of halogens is 1. The van der Waals surface area contributed by atoms with Crippen molar-refractivity contribution in [1.82, 2.24) is 10.2 Å². The van der Waals surface area contributed by atoms with Crippen molar-refractivity contribution in [3.8, 4) is 0 Å². The van der Waals surface area contributed by atoms with Crippen molar-refractivity contribution < 1.29 is 14.4 Å². The van der Waals surface area contributed by atoms with Gasteiger partial charge in [0.15, 0.2) is 0 Å². The summed E-state index contributed by atoms with van der Waals surface area (Å²) in [7, 11) is 0. The number of hydrogen-bond donors (Lipinski definition) is 2. The van der Waals surface area contributed by atoms with E-state index in [4.69, 9.17) is 17.3 Å². The van der Waals surface area contributed by atoms with E-state index in [0.717, 1.165) is 0 Å². The van der Waals surface area contributed by atoms with Crippen LogP contribution in [0.25, 0.3) is 0 Å². The number of nitrogens with two attached hydrogens (primary N) is 1. The highest BCUT2D eigenvalue weighted by molar-refractivity contribution is 6.31. The molecule has 1 fully saturated rings. The van der Waals surface area contributed by atoms with Gasteiger partial charge in [0.2, 0.25) is 11.8 Å². The average Bonchev–Trinajstić information content (AvgIpc) is 1.99. The van der Waals surface area contributed by atoms with E-state index in [1.54, 1.807) is 0 Å². The zero-order valence-corrected chi connectivity index (χ0v) is 8.95. The molecule has 0 radical (unpaired) electrons. The van der Waals surface area contributed by atoms with Gasteiger partial charge in [0.05, 0.1) is 5.92 Å². The van der Waals surface area contributed by atoms with E-state index in [1.807, 2.05) is 0 Å². The second kappa shape index (κ2) is 4.48. The smallest absolute Gasteiger partial charge is 0.324 e. The van der Waals surface area contributed by atoms with Crippen LogP contribution in [-0.4, -0.2) is 41.2 Å². The molecule has 15 heavy (non-hydrogen) atoms. The summed E-state index contributed by atoms with van der Waals surface area (Å²) in [5, 5.41) is 1.34. The quantitative estimate of drug-likeness (QED) is 0.616. The predicted molar refractivity (Wildman–Crippen MR) is 53.1 cm³/mol. The molecule has 1 aliphatic rings. The summed E-state index contributed by atoms with van der Waals surface area (Å²) in [5.41, 5.74) is 5.02. The van der Waals surface area contributed by atoms with Crippen LogP contribution in [0.3, 0.4) is 0 Å². The van der Waals surface area contributed by atoms with Crippen molar-refractivity contribution in [2.75, 3.05) is 13.1 Å². The Kier molecular flexibility index (Phi) is 3.52. The summed E-state index contributed by atoms with van der Waals surface area (Å²) in [4.78, 5) is 34.3. The lowest BCUT2D eigenvalue weighted by Gasteiger charge is -2.36. The molecule has 0 spiro atoms. The fourth-order valence-electron chi connectivity index (χ4n) is 1.11. The second-order valence-electron chi connectivity index (χ2n) is 3.41. The number of nitrogens with one attached hydrogen (secondary N) is 1. The van der Waals surface area contributed by atoms with Gasteiger partial charge >= 0.3 is 6.03 Å². The normalized spacial score (nSPS) is 17.9. The highest BCUT2D eigenvalue weighted by atomic mass is 35.5. The van der Waals surface area contributed by atoms with Gasteiger partial charge in [0, 0.05) is 13.1 Å². The lowest BCUT2D eigenvalue weighted by atomic mass is 10.0. The lowest BCUT2D eigenvalue weighted by Crippen LogP contribution is -2.58. The minimum Gasteiger partial charge on any atom is -0.369 e. The maximum absolute atomic E-state index is 11.3. The number of carbonyl (C=O) groups is 3. The van der Waals surface area contributed by atoms with Crippen molar-refractivity contribution in [2.24, 2.45) is 11.7 Å². The first-order valence-corrected chi connectivity index (χ1v) is 4.88. The molecule has 0 aliphatic carbocycles. The Balaban J connectivity index is 2.33. The number of rotatable bonds is 2. The van der Waals surface area contributed by atoms with Gasteiger partial charge in [0.25, 0.3) is 0 Å². The Morgan fingerprint density at radius 3 is 2.40 bits per heavy atom. The second-order valence-corrected chi connectivity index (χ2v) is 4.07. The van der Waals surface area contributed by atoms with Crippen molar-refractivity contribution in [3.63, 3.8) is 0 Å². The van der Waals surface area contributed by atoms with Crippen LogP contribution in [-0.2, 0) is 9.59 Å². The highest BCUT2D eigenvalue weighted by Gasteiger charge is 2.35. The molecule has 1 unspecified atom stereocenters. The Morgan fingerprint density at radius 1 is 1.47 bits per heavy atom. The fraction of sp³-hybridized carbons (Fsp3) is 0.625. The zero-order valence-electron chi connectivity index (χ0n) is 8.20. The first-order valence-electron chi connectivity index (χ1n) is 4.45. The number of nitrogens with zero attached hydrogens (tertiary/aromatic N) is 1. The van der Waals surface area contributed by atoms with E-state index in [2.05, 4.69) is 5.32 Å². The molecule has 1 rings (SSSR count). The standard InChI is InChI=1S/C8H12ClN3O3/c1-4(9)7(14)11-8(15)12-2-5(3-12)6(10)13/h4-5H,2-3H2,1H3,(H2,10,13)(H,11,14,15). The molecule has 0 aromatic heterocycles. The van der Waals surface area contributed by atoms with E-state index in [9.17, 15) is 14.4 Å². The highest BCUT2D eigenvalue weighted by Crippen LogP contribution is 2.14. The van der Waals surface area contributed by atoms with E-state index in [1.165, 1.54) is 11.8 Å². The van der Waals surface area contributed by atoms with Crippen molar-refractivity contribution in [2.45, 2.75) is 12.3 Å². The molecular weight excluding hydrogens is 222 g/mol. The molecule has 3 N–H and O–H groups in total. The Hall–Kier alpha value is -1.30. The number of likely N-dealkylation sites (tertiary alicyclic amines) is 1. The third kappa shape index (κ3) is 2.82. The molecular formula is C8H12ClN3O3. The summed E-state index contributed by atoms with van der Waals surface area (Å²) in [6.07, 6.45) is 0. The van der Waals surface area contributed by atoms with E-state index < -0.39 is 23.2 Å². The Morgan fingerprint density at radius 2 is 2.00 bits per heavy atom. The molecule has 7 heteroatoms. The predicted octanol–water partition coefficient (Wildman–Crippen LogP) is -0.733. The van der Waals surface area contributed by atoms with Crippen molar-refractivity contribution in [1.29, 1.82) is 0 Å². The zero-order chi connectivity index (χ0) is 11.6. The van der Waals surface area contributed by atoms with Gasteiger partial charge in [-0.05, 0) is 6.92 Å². The molecule has 0 saturated carbocycles. The van der Waals surface area contributed by atoms with Gasteiger partial charge in [-0.25, -0.2) is 4.79 Å². The SMILES string of the molecule is CC(Cl)C(=O)NC(=O)N1CC(C(N)=O)C1. The van der Waals surface area contributed by atoms with Crippen LogP contribution in [0.2, 0.25) is 0 Å². The van der Waals surface area contributed by atoms with Gasteiger partial charge in [-0.1, -0.05) is 0 Å². The number of alkyl halides is 1. The number of urea groups is 1. The van der Waals surface area contributed by atoms with Gasteiger partial charge in [0.1, 0.15) is 5.38 Å². The molecule has 0 bridgehead atoms. The minimum atomic E-state index is -0.762. The summed E-state index contributed by atoms with van der Waals surface area (Å²) >= 11 is 5.46. The number of primary amides is 1. The van der Waals surface area contributed by atoms with Gasteiger partial charge in [-0.2, -0.15) is 0 Å². The van der Waals surface area contributed by atoms with E-state index >= 15 is 0 Å². The Bertz CT molecular complexity index is 300. The molecule has 4 amide bonds. The van der Waals surface area contributed by atoms with Crippen molar-refractivity contribution >= 4 is 29.4 Å². The molecule has 0 aromatic rings. The minimum absolute atomic E-state index is 0.255. The third-order valence-corrected chi connectivity index (χ3v) is 2.36. The van der Waals surface area contributed by atoms with Crippen LogP contribution >= 0.6 is 11.6 Å². The number of imide groups is 1. The van der Waals surface area contributed by atoms with Crippen LogP contribution in [0.15, 0.2) is 0 Å². The third-order valence-electron chi connectivity index (χ3n) is 2.16. The molecule has 6 nitrogen and oxygen atoms in total. The maximum Gasteiger partial charge on any atom is 0.324 e. The number of hydrogen-bond acceptors (Lipinski definition) is 3. The van der Waals surface area contributed by atoms with Gasteiger partial charge in [-0.15, -0.1) is 11.6 Å². The molecule has 1 atom stereocenters. The van der Waals surface area contributed by atoms with Gasteiger partial charge < -0.3 is 10.6 Å². The molecule has 84 valence electrons. The average molecular weight is 234 g/mol. The number of amides is 4. The van der Waals surface area contributed by atoms with Crippen LogP contribution in [0, 0.1) is 5.92 Å². The lowest BCUT2D eigenvalue weighted by molar-refractivity contribution is -0.125. The maximum atomic E-state index is 11.3. The molecule has 1 saturated heterocycles. The first-order chi connectivity index (χ1) is 6.91. The molecule has 1 aliphatic heterocycles. The van der Waals surface area contributed by atoms with E-state index in [0.29, 0.717) is 0 Å². The Labute approximate surface area is 91.7 Å². The topological polar surface area (TPSA) is 92.5 Å². The van der Waals surface area contributed by atoms with E-state index in [-0.39, 0.29) is 19.0 Å². The monoisotopic (exact) mass is 233 g/mol. The summed E-state index contributed by atoms with van der Waals surface area (Å²) in [5.74, 6) is -1.29. The van der Waals surface area contributed by atoms with Crippen LogP contribution in [0.5, 0.6) is 0 Å². The largest absolute Gasteiger partial charge is 0.369 e. The van der Waals surface area contributed by atoms with Crippen LogP contribution in [0.1, 0.15) is 6.92 Å². The molecule has 0 aromatic carbocycles. The molecule has 1 heterocycles. The first kappa shape index (κ1) is 11.8. The summed E-state index contributed by atoms with van der Waals surface area (Å²) in [6.45, 7) is 1.97. The fourth-order valence-corrected chi connectivity index (χ4v) is 1.16. The van der Waals surface area contributed by atoms with Crippen LogP contribution < -0.4 is 11.1 Å². The van der Waals surface area contributed by atoms with Crippen molar-refractivity contribution in [3.05, 3.63) is 0 Å². The summed E-state index contributed by atoms with van der Waals surface area (Å²) < 4.78 is 0. The number of carbonyl (C=O) groups excluding carboxylic acids is 3. The van der Waals surface area contributed by atoms with Crippen LogP contribution in [0.4, 0.5) is 4.79 Å². The van der Waals surface area contributed by atoms with Gasteiger partial charge in [-0.3, -0.25) is 14.9 Å². The summed E-state index contributed by atoms with van der Waals surface area (Å²) in [6, 6.07) is -0.537.